The first kappa shape index (κ1) is 12.3. The zero-order chi connectivity index (χ0) is 12.3. The van der Waals surface area contributed by atoms with Crippen LogP contribution in [-0.2, 0) is 9.53 Å². The fourth-order valence-electron chi connectivity index (χ4n) is 1.56. The number of phenolic OH excluding ortho intramolecular Hbond substituents is 1. The van der Waals surface area contributed by atoms with Gasteiger partial charge in [-0.05, 0) is 18.2 Å². The number of nitrogens with one attached hydrogen (secondary N) is 2. The normalized spacial score (nSPS) is 19.9. The maximum Gasteiger partial charge on any atom is 0.254 e. The highest BCUT2D eigenvalue weighted by atomic mass is 79.9. The number of hydrogen-bond donors (Lipinski definition) is 3. The van der Waals surface area contributed by atoms with Gasteiger partial charge in [0.2, 0.25) is 0 Å². The predicted molar refractivity (Wildman–Crippen MR) is 67.0 cm³/mol. The molecule has 1 saturated heterocycles. The van der Waals surface area contributed by atoms with Crippen LogP contribution in [0, 0.1) is 0 Å². The largest absolute Gasteiger partial charge is 0.506 e. The average molecular weight is 301 g/mol. The van der Waals surface area contributed by atoms with Gasteiger partial charge in [-0.2, -0.15) is 0 Å². The summed E-state index contributed by atoms with van der Waals surface area (Å²) in [7, 11) is 0. The number of benzene rings is 1. The minimum Gasteiger partial charge on any atom is -0.506 e. The fraction of sp³-hybridized carbons (Fsp3) is 0.364. The molecule has 1 fully saturated rings. The first-order valence-electron chi connectivity index (χ1n) is 5.28. The van der Waals surface area contributed by atoms with Gasteiger partial charge < -0.3 is 20.5 Å². The molecule has 3 N–H and O–H groups in total. The molecule has 92 valence electrons. The highest BCUT2D eigenvalue weighted by Crippen LogP contribution is 2.26. The molecule has 1 aliphatic heterocycles. The highest BCUT2D eigenvalue weighted by molar-refractivity contribution is 9.10. The van der Waals surface area contributed by atoms with Gasteiger partial charge in [-0.25, -0.2) is 0 Å². The summed E-state index contributed by atoms with van der Waals surface area (Å²) < 4.78 is 6.10. The monoisotopic (exact) mass is 300 g/mol. The smallest absolute Gasteiger partial charge is 0.254 e. The van der Waals surface area contributed by atoms with Gasteiger partial charge in [0.15, 0.2) is 0 Å². The number of anilines is 1. The molecule has 1 atom stereocenters. The SMILES string of the molecule is O=C(Nc1cc(Br)ccc1O)C1CNCCO1. The van der Waals surface area contributed by atoms with E-state index in [9.17, 15) is 9.90 Å². The number of ether oxygens (including phenoxy) is 1. The van der Waals surface area contributed by atoms with Crippen molar-refractivity contribution in [3.8, 4) is 5.75 Å². The summed E-state index contributed by atoms with van der Waals surface area (Å²) in [5.74, 6) is -0.226. The van der Waals surface area contributed by atoms with Crippen LogP contribution in [0.2, 0.25) is 0 Å². The molecule has 1 aliphatic rings. The van der Waals surface area contributed by atoms with Gasteiger partial charge in [0.25, 0.3) is 5.91 Å². The molecule has 0 bridgehead atoms. The molecule has 0 saturated carbocycles. The molecular formula is C11H13BrN2O3. The molecule has 0 radical (unpaired) electrons. The van der Waals surface area contributed by atoms with Gasteiger partial charge in [0.05, 0.1) is 12.3 Å². The molecule has 0 aliphatic carbocycles. The van der Waals surface area contributed by atoms with Crippen molar-refractivity contribution in [1.82, 2.24) is 5.32 Å². The Bertz CT molecular complexity index is 419. The van der Waals surface area contributed by atoms with Crippen LogP contribution < -0.4 is 10.6 Å². The van der Waals surface area contributed by atoms with Crippen molar-refractivity contribution in [3.63, 3.8) is 0 Å². The lowest BCUT2D eigenvalue weighted by Crippen LogP contribution is -2.45. The Hall–Kier alpha value is -1.11. The molecule has 0 spiro atoms. The quantitative estimate of drug-likeness (QED) is 0.715. The molecule has 5 nitrogen and oxygen atoms in total. The van der Waals surface area contributed by atoms with Crippen LogP contribution in [0.4, 0.5) is 5.69 Å². The highest BCUT2D eigenvalue weighted by Gasteiger charge is 2.22. The molecule has 1 unspecified atom stereocenters. The molecule has 0 aromatic heterocycles. The summed E-state index contributed by atoms with van der Waals surface area (Å²) in [5.41, 5.74) is 0.374. The van der Waals surface area contributed by atoms with Gasteiger partial charge in [0.1, 0.15) is 11.9 Å². The lowest BCUT2D eigenvalue weighted by Gasteiger charge is -2.22. The van der Waals surface area contributed by atoms with Crippen molar-refractivity contribution >= 4 is 27.5 Å². The van der Waals surface area contributed by atoms with Crippen molar-refractivity contribution in [3.05, 3.63) is 22.7 Å². The summed E-state index contributed by atoms with van der Waals surface area (Å²) in [6.07, 6.45) is -0.512. The van der Waals surface area contributed by atoms with E-state index in [1.54, 1.807) is 12.1 Å². The van der Waals surface area contributed by atoms with Crippen molar-refractivity contribution in [2.24, 2.45) is 0 Å². The molecule has 1 aromatic rings. The van der Waals surface area contributed by atoms with E-state index in [4.69, 9.17) is 4.74 Å². The fourth-order valence-corrected chi connectivity index (χ4v) is 1.92. The third-order valence-corrected chi connectivity index (χ3v) is 2.93. The Morgan fingerprint density at radius 1 is 1.59 bits per heavy atom. The third-order valence-electron chi connectivity index (χ3n) is 2.44. The van der Waals surface area contributed by atoms with Gasteiger partial charge in [-0.3, -0.25) is 4.79 Å². The Labute approximate surface area is 107 Å². The van der Waals surface area contributed by atoms with Gasteiger partial charge in [0, 0.05) is 17.6 Å². The molecule has 6 heteroatoms. The molecule has 1 heterocycles. The molecule has 17 heavy (non-hydrogen) atoms. The minimum atomic E-state index is -0.512. The number of hydrogen-bond acceptors (Lipinski definition) is 4. The lowest BCUT2D eigenvalue weighted by molar-refractivity contribution is -0.128. The topological polar surface area (TPSA) is 70.6 Å². The number of aromatic hydroxyl groups is 1. The van der Waals surface area contributed by atoms with Gasteiger partial charge in [-0.1, -0.05) is 15.9 Å². The maximum atomic E-state index is 11.8. The van der Waals surface area contributed by atoms with E-state index in [2.05, 4.69) is 26.6 Å². The Morgan fingerprint density at radius 3 is 3.12 bits per heavy atom. The predicted octanol–water partition coefficient (Wildman–Crippen LogP) is 1.08. The molecular weight excluding hydrogens is 288 g/mol. The standard InChI is InChI=1S/C11H13BrN2O3/c12-7-1-2-9(15)8(5-7)14-11(16)10-6-13-3-4-17-10/h1-2,5,10,13,15H,3-4,6H2,(H,14,16). The van der Waals surface area contributed by atoms with Crippen molar-refractivity contribution in [1.29, 1.82) is 0 Å². The second-order valence-electron chi connectivity index (χ2n) is 3.71. The van der Waals surface area contributed by atoms with E-state index in [0.29, 0.717) is 18.8 Å². The van der Waals surface area contributed by atoms with E-state index >= 15 is 0 Å². The minimum absolute atomic E-state index is 0.0327. The van der Waals surface area contributed by atoms with Gasteiger partial charge in [-0.15, -0.1) is 0 Å². The zero-order valence-electron chi connectivity index (χ0n) is 9.07. The molecule has 1 amide bonds. The summed E-state index contributed by atoms with van der Waals surface area (Å²) in [5, 5.41) is 15.3. The van der Waals surface area contributed by atoms with E-state index in [1.165, 1.54) is 6.07 Å². The maximum absolute atomic E-state index is 11.8. The molecule has 2 rings (SSSR count). The number of phenols is 1. The van der Waals surface area contributed by atoms with Crippen molar-refractivity contribution in [2.45, 2.75) is 6.10 Å². The summed E-state index contributed by atoms with van der Waals surface area (Å²) >= 11 is 3.28. The number of morpholine rings is 1. The second kappa shape index (κ2) is 5.48. The first-order chi connectivity index (χ1) is 8.16. The van der Waals surface area contributed by atoms with E-state index in [-0.39, 0.29) is 11.7 Å². The summed E-state index contributed by atoms with van der Waals surface area (Å²) in [6, 6.07) is 4.85. The van der Waals surface area contributed by atoms with Crippen LogP contribution in [0.3, 0.4) is 0 Å². The number of amides is 1. The Balaban J connectivity index is 2.04. The van der Waals surface area contributed by atoms with Gasteiger partial charge >= 0.3 is 0 Å². The van der Waals surface area contributed by atoms with Crippen molar-refractivity contribution < 1.29 is 14.6 Å². The second-order valence-corrected chi connectivity index (χ2v) is 4.63. The summed E-state index contributed by atoms with van der Waals surface area (Å²) in [6.45, 7) is 1.76. The van der Waals surface area contributed by atoms with E-state index in [0.717, 1.165) is 11.0 Å². The van der Waals surface area contributed by atoms with Crippen LogP contribution in [0.1, 0.15) is 0 Å². The molecule has 1 aromatic carbocycles. The number of carbonyl (C=O) groups excluding carboxylic acids is 1. The van der Waals surface area contributed by atoms with Crippen LogP contribution in [0.15, 0.2) is 22.7 Å². The van der Waals surface area contributed by atoms with Crippen LogP contribution >= 0.6 is 15.9 Å². The lowest BCUT2D eigenvalue weighted by atomic mass is 10.2. The first-order valence-corrected chi connectivity index (χ1v) is 6.08. The van der Waals surface area contributed by atoms with Crippen LogP contribution in [-0.4, -0.2) is 36.8 Å². The summed E-state index contributed by atoms with van der Waals surface area (Å²) in [4.78, 5) is 11.8. The van der Waals surface area contributed by atoms with E-state index < -0.39 is 6.10 Å². The zero-order valence-corrected chi connectivity index (χ0v) is 10.7. The third kappa shape index (κ3) is 3.18. The van der Waals surface area contributed by atoms with Crippen LogP contribution in [0.25, 0.3) is 0 Å². The average Bonchev–Trinajstić information content (AvgIpc) is 2.35. The van der Waals surface area contributed by atoms with Crippen molar-refractivity contribution in [2.75, 3.05) is 25.0 Å². The number of carbonyl (C=O) groups is 1. The Morgan fingerprint density at radius 2 is 2.41 bits per heavy atom. The van der Waals surface area contributed by atoms with Crippen LogP contribution in [0.5, 0.6) is 5.75 Å². The van der Waals surface area contributed by atoms with E-state index in [1.807, 2.05) is 0 Å². The number of rotatable bonds is 2. The Kier molecular flexibility index (Phi) is 3.98. The number of halogens is 1.